The third-order valence-corrected chi connectivity index (χ3v) is 5.36. The molecule has 0 aromatic carbocycles. The summed E-state index contributed by atoms with van der Waals surface area (Å²) in [6.07, 6.45) is 2.09. The largest absolute Gasteiger partial charge is 0.480 e. The number of thiol groups is 1. The summed E-state index contributed by atoms with van der Waals surface area (Å²) in [6, 6.07) is -3.47. The number of aliphatic imine (C=N–C) groups is 1. The van der Waals surface area contributed by atoms with Gasteiger partial charge in [-0.3, -0.25) is 19.4 Å². The number of amides is 3. The Morgan fingerprint density at radius 1 is 1.12 bits per heavy atom. The van der Waals surface area contributed by atoms with Gasteiger partial charge in [0.1, 0.15) is 18.1 Å². The first-order chi connectivity index (χ1) is 15.1. The average molecular weight is 474 g/mol. The molecular formula is C19H35N7O5S. The predicted molar refractivity (Wildman–Crippen MR) is 123 cm³/mol. The first-order valence-electron chi connectivity index (χ1n) is 10.6. The van der Waals surface area contributed by atoms with Crippen LogP contribution < -0.4 is 32.7 Å². The maximum atomic E-state index is 13.0. The molecule has 1 aliphatic heterocycles. The SMILES string of the molecule is CC(C)C(NC(=O)C1CCCN1)C(=O)NC(CCCN=C(N)N)C(=O)NC(CS)C(=O)O. The number of nitrogens with one attached hydrogen (secondary N) is 4. The quantitative estimate of drug-likeness (QED) is 0.0644. The molecule has 0 radical (unpaired) electrons. The van der Waals surface area contributed by atoms with Gasteiger partial charge in [0.2, 0.25) is 17.7 Å². The fraction of sp³-hybridized carbons (Fsp3) is 0.737. The van der Waals surface area contributed by atoms with Crippen molar-refractivity contribution in [3.8, 4) is 0 Å². The molecule has 9 N–H and O–H groups in total. The number of aliphatic carboxylic acids is 1. The molecule has 0 bridgehead atoms. The molecule has 1 saturated heterocycles. The zero-order valence-corrected chi connectivity index (χ0v) is 19.4. The maximum Gasteiger partial charge on any atom is 0.327 e. The van der Waals surface area contributed by atoms with Crippen molar-refractivity contribution in [3.05, 3.63) is 0 Å². The molecule has 1 aliphatic rings. The number of carbonyl (C=O) groups is 4. The number of nitrogens with two attached hydrogens (primary N) is 2. The lowest BCUT2D eigenvalue weighted by atomic mass is 10.0. The summed E-state index contributed by atoms with van der Waals surface area (Å²) in [5, 5.41) is 20.0. The van der Waals surface area contributed by atoms with E-state index in [0.717, 1.165) is 13.0 Å². The summed E-state index contributed by atoms with van der Waals surface area (Å²) in [4.78, 5) is 53.2. The van der Waals surface area contributed by atoms with E-state index in [1.807, 2.05) is 0 Å². The summed E-state index contributed by atoms with van der Waals surface area (Å²) >= 11 is 3.93. The molecule has 1 fully saturated rings. The third kappa shape index (κ3) is 9.30. The number of rotatable bonds is 13. The van der Waals surface area contributed by atoms with Gasteiger partial charge in [-0.05, 0) is 38.1 Å². The van der Waals surface area contributed by atoms with Gasteiger partial charge in [0.05, 0.1) is 6.04 Å². The van der Waals surface area contributed by atoms with Crippen molar-refractivity contribution >= 4 is 42.3 Å². The Kier molecular flexibility index (Phi) is 11.8. The molecule has 4 atom stereocenters. The lowest BCUT2D eigenvalue weighted by Crippen LogP contribution is -2.58. The van der Waals surface area contributed by atoms with Crippen LogP contribution in [-0.4, -0.2) is 77.8 Å². The minimum atomic E-state index is -1.24. The van der Waals surface area contributed by atoms with E-state index in [4.69, 9.17) is 11.5 Å². The molecule has 0 aromatic heterocycles. The molecule has 1 rings (SSSR count). The highest BCUT2D eigenvalue weighted by Crippen LogP contribution is 2.09. The van der Waals surface area contributed by atoms with Crippen molar-refractivity contribution in [2.45, 2.75) is 63.7 Å². The van der Waals surface area contributed by atoms with Crippen LogP contribution in [0.15, 0.2) is 4.99 Å². The van der Waals surface area contributed by atoms with E-state index in [2.05, 4.69) is 38.9 Å². The van der Waals surface area contributed by atoms with Crippen LogP contribution in [0.3, 0.4) is 0 Å². The molecule has 1 heterocycles. The lowest BCUT2D eigenvalue weighted by molar-refractivity contribution is -0.141. The Balaban J connectivity index is 2.88. The number of carboxylic acid groups (broad SMARTS) is 1. The van der Waals surface area contributed by atoms with E-state index in [1.165, 1.54) is 0 Å². The first kappa shape index (κ1) is 27.5. The molecular weight excluding hydrogens is 438 g/mol. The van der Waals surface area contributed by atoms with Gasteiger partial charge in [-0.15, -0.1) is 0 Å². The van der Waals surface area contributed by atoms with Gasteiger partial charge >= 0.3 is 5.97 Å². The smallest absolute Gasteiger partial charge is 0.327 e. The predicted octanol–water partition coefficient (Wildman–Crippen LogP) is -2.08. The normalized spacial score (nSPS) is 18.3. The lowest BCUT2D eigenvalue weighted by Gasteiger charge is -2.27. The van der Waals surface area contributed by atoms with E-state index in [1.54, 1.807) is 13.8 Å². The van der Waals surface area contributed by atoms with Crippen molar-refractivity contribution in [2.24, 2.45) is 22.4 Å². The Morgan fingerprint density at radius 2 is 1.78 bits per heavy atom. The maximum absolute atomic E-state index is 13.0. The number of guanidine groups is 1. The molecule has 4 unspecified atom stereocenters. The zero-order chi connectivity index (χ0) is 24.3. The summed E-state index contributed by atoms with van der Waals surface area (Å²) < 4.78 is 0. The standard InChI is InChI=1S/C19H35N7O5S/c1-10(2)14(26-15(27)11-5-3-7-22-11)17(29)24-12(6-4-8-23-19(20)21)16(28)25-13(9-32)18(30)31/h10-14,22,32H,3-9H2,1-2H3,(H,24,29)(H,25,28)(H,26,27)(H,30,31)(H4,20,21,23). The van der Waals surface area contributed by atoms with Crippen LogP contribution in [0.5, 0.6) is 0 Å². The molecule has 12 nitrogen and oxygen atoms in total. The minimum Gasteiger partial charge on any atom is -0.480 e. The van der Waals surface area contributed by atoms with Crippen molar-refractivity contribution in [3.63, 3.8) is 0 Å². The molecule has 0 saturated carbocycles. The molecule has 0 spiro atoms. The number of carbonyl (C=O) groups excluding carboxylic acids is 3. The monoisotopic (exact) mass is 473 g/mol. The van der Waals surface area contributed by atoms with Crippen LogP contribution >= 0.6 is 12.6 Å². The Bertz CT molecular complexity index is 694. The molecule has 13 heteroatoms. The highest BCUT2D eigenvalue weighted by molar-refractivity contribution is 7.80. The number of nitrogens with zero attached hydrogens (tertiary/aromatic N) is 1. The minimum absolute atomic E-state index is 0.0980. The Labute approximate surface area is 193 Å². The number of hydrogen-bond donors (Lipinski definition) is 8. The van der Waals surface area contributed by atoms with E-state index in [9.17, 15) is 24.3 Å². The van der Waals surface area contributed by atoms with Gasteiger partial charge in [-0.2, -0.15) is 12.6 Å². The molecule has 0 aromatic rings. The fourth-order valence-electron chi connectivity index (χ4n) is 3.19. The van der Waals surface area contributed by atoms with Gasteiger partial charge < -0.3 is 37.8 Å². The van der Waals surface area contributed by atoms with Crippen molar-refractivity contribution < 1.29 is 24.3 Å². The van der Waals surface area contributed by atoms with Crippen LogP contribution in [0, 0.1) is 5.92 Å². The van der Waals surface area contributed by atoms with Gasteiger partial charge in [0.25, 0.3) is 0 Å². The summed E-state index contributed by atoms with van der Waals surface area (Å²) in [6.45, 7) is 4.53. The second-order valence-electron chi connectivity index (χ2n) is 7.97. The van der Waals surface area contributed by atoms with E-state index in [-0.39, 0.29) is 42.5 Å². The van der Waals surface area contributed by atoms with Gasteiger partial charge in [-0.25, -0.2) is 4.79 Å². The molecule has 182 valence electrons. The fourth-order valence-corrected chi connectivity index (χ4v) is 3.44. The van der Waals surface area contributed by atoms with Crippen molar-refractivity contribution in [2.75, 3.05) is 18.8 Å². The van der Waals surface area contributed by atoms with Crippen molar-refractivity contribution in [1.82, 2.24) is 21.3 Å². The molecule has 32 heavy (non-hydrogen) atoms. The third-order valence-electron chi connectivity index (χ3n) is 5.00. The van der Waals surface area contributed by atoms with E-state index >= 15 is 0 Å². The van der Waals surface area contributed by atoms with Crippen LogP contribution in [0.4, 0.5) is 0 Å². The van der Waals surface area contributed by atoms with Gasteiger partial charge in [0.15, 0.2) is 5.96 Å². The molecule has 3 amide bonds. The summed E-state index contributed by atoms with van der Waals surface area (Å²) in [7, 11) is 0. The van der Waals surface area contributed by atoms with Crippen LogP contribution in [0.1, 0.15) is 39.5 Å². The van der Waals surface area contributed by atoms with Crippen molar-refractivity contribution in [1.29, 1.82) is 0 Å². The van der Waals surface area contributed by atoms with Gasteiger partial charge in [-0.1, -0.05) is 13.8 Å². The molecule has 0 aliphatic carbocycles. The van der Waals surface area contributed by atoms with Crippen LogP contribution in [0.25, 0.3) is 0 Å². The van der Waals surface area contributed by atoms with Crippen LogP contribution in [-0.2, 0) is 19.2 Å². The number of hydrogen-bond acceptors (Lipinski definition) is 7. The van der Waals surface area contributed by atoms with Gasteiger partial charge in [0, 0.05) is 12.3 Å². The second-order valence-corrected chi connectivity index (χ2v) is 8.34. The van der Waals surface area contributed by atoms with E-state index < -0.39 is 35.9 Å². The first-order valence-corrected chi connectivity index (χ1v) is 11.2. The summed E-state index contributed by atoms with van der Waals surface area (Å²) in [5.74, 6) is -3.17. The second kappa shape index (κ2) is 13.8. The van der Waals surface area contributed by atoms with E-state index in [0.29, 0.717) is 12.8 Å². The van der Waals surface area contributed by atoms with Crippen LogP contribution in [0.2, 0.25) is 0 Å². The topological polar surface area (TPSA) is 201 Å². The Morgan fingerprint density at radius 3 is 2.28 bits per heavy atom. The highest BCUT2D eigenvalue weighted by Gasteiger charge is 2.32. The summed E-state index contributed by atoms with van der Waals surface area (Å²) in [5.41, 5.74) is 10.6. The average Bonchev–Trinajstić information content (AvgIpc) is 3.26. The zero-order valence-electron chi connectivity index (χ0n) is 18.5. The highest BCUT2D eigenvalue weighted by atomic mass is 32.1. The Hall–Kier alpha value is -2.54. The number of carboxylic acids is 1.